The van der Waals surface area contributed by atoms with Crippen LogP contribution in [0.4, 0.5) is 0 Å². The summed E-state index contributed by atoms with van der Waals surface area (Å²) in [6.07, 6.45) is 3.90. The number of carbonyl (C=O) groups is 2. The van der Waals surface area contributed by atoms with Gasteiger partial charge in [-0.1, -0.05) is 26.0 Å². The van der Waals surface area contributed by atoms with Gasteiger partial charge in [0.15, 0.2) is 0 Å². The van der Waals surface area contributed by atoms with Gasteiger partial charge in [-0.2, -0.15) is 0 Å². The molecule has 0 spiro atoms. The van der Waals surface area contributed by atoms with E-state index in [-0.39, 0.29) is 11.9 Å². The highest BCUT2D eigenvalue weighted by Gasteiger charge is 2.06. The summed E-state index contributed by atoms with van der Waals surface area (Å²) in [5, 5.41) is 2.88. The second-order valence-corrected chi connectivity index (χ2v) is 6.56. The highest BCUT2D eigenvalue weighted by atomic mass is 16.5. The van der Waals surface area contributed by atoms with Crippen LogP contribution in [0.5, 0.6) is 5.75 Å². The predicted octanol–water partition coefficient (Wildman–Crippen LogP) is 3.50. The lowest BCUT2D eigenvalue weighted by molar-refractivity contribution is -0.144. The summed E-state index contributed by atoms with van der Waals surface area (Å²) in [6.45, 7) is 5.36. The molecular weight excluding hydrogens is 318 g/mol. The van der Waals surface area contributed by atoms with E-state index in [1.54, 1.807) is 7.11 Å². The van der Waals surface area contributed by atoms with Gasteiger partial charge in [-0.25, -0.2) is 0 Å². The zero-order valence-electron chi connectivity index (χ0n) is 15.7. The largest absolute Gasteiger partial charge is 0.497 e. The predicted molar refractivity (Wildman–Crippen MR) is 98.6 cm³/mol. The maximum atomic E-state index is 11.8. The lowest BCUT2D eigenvalue weighted by Crippen LogP contribution is -2.25. The quantitative estimate of drug-likeness (QED) is 0.463. The Labute approximate surface area is 151 Å². The van der Waals surface area contributed by atoms with Crippen molar-refractivity contribution >= 4 is 11.9 Å². The van der Waals surface area contributed by atoms with E-state index in [0.717, 1.165) is 30.6 Å². The second-order valence-electron chi connectivity index (χ2n) is 6.56. The van der Waals surface area contributed by atoms with E-state index >= 15 is 0 Å². The summed E-state index contributed by atoms with van der Waals surface area (Å²) >= 11 is 0. The molecule has 140 valence electrons. The summed E-state index contributed by atoms with van der Waals surface area (Å²) in [4.78, 5) is 23.3. The number of ether oxygens (including phenoxy) is 2. The van der Waals surface area contributed by atoms with Crippen LogP contribution in [0.2, 0.25) is 0 Å². The lowest BCUT2D eigenvalue weighted by Gasteiger charge is -2.07. The molecule has 0 heterocycles. The third kappa shape index (κ3) is 10.4. The van der Waals surface area contributed by atoms with Gasteiger partial charge in [0.25, 0.3) is 0 Å². The molecule has 0 aromatic heterocycles. The van der Waals surface area contributed by atoms with E-state index < -0.39 is 0 Å². The van der Waals surface area contributed by atoms with Crippen LogP contribution < -0.4 is 10.1 Å². The molecule has 0 aliphatic rings. The molecule has 1 N–H and O–H groups in total. The zero-order chi connectivity index (χ0) is 18.5. The normalized spacial score (nSPS) is 10.6. The van der Waals surface area contributed by atoms with E-state index in [1.807, 2.05) is 24.3 Å². The molecule has 25 heavy (non-hydrogen) atoms. The topological polar surface area (TPSA) is 64.6 Å². The minimum absolute atomic E-state index is 0.0267. The molecule has 0 saturated heterocycles. The maximum Gasteiger partial charge on any atom is 0.305 e. The van der Waals surface area contributed by atoms with Crippen molar-refractivity contribution in [3.05, 3.63) is 29.8 Å². The standard InChI is InChI=1S/C20H31NO4/c1-16(2)6-5-15-25-20(23)8-4-7-19(22)21-14-13-17-9-11-18(24-3)12-10-17/h9-12,16H,4-8,13-15H2,1-3H3,(H,21,22). The summed E-state index contributed by atoms with van der Waals surface area (Å²) < 4.78 is 10.3. The van der Waals surface area contributed by atoms with Crippen molar-refractivity contribution in [2.75, 3.05) is 20.3 Å². The number of methoxy groups -OCH3 is 1. The van der Waals surface area contributed by atoms with Gasteiger partial charge in [-0.05, 0) is 49.3 Å². The minimum Gasteiger partial charge on any atom is -0.497 e. The SMILES string of the molecule is COc1ccc(CCNC(=O)CCCC(=O)OCCCC(C)C)cc1. The Balaban J connectivity index is 2.05. The minimum atomic E-state index is -0.213. The molecule has 0 aliphatic heterocycles. The van der Waals surface area contributed by atoms with Crippen LogP contribution in [0, 0.1) is 5.92 Å². The van der Waals surface area contributed by atoms with E-state index in [1.165, 1.54) is 0 Å². The fourth-order valence-electron chi connectivity index (χ4n) is 2.37. The third-order valence-electron chi connectivity index (χ3n) is 3.87. The molecule has 5 nitrogen and oxygen atoms in total. The van der Waals surface area contributed by atoms with Crippen LogP contribution in [-0.4, -0.2) is 32.1 Å². The molecular formula is C20H31NO4. The first-order valence-electron chi connectivity index (χ1n) is 9.06. The van der Waals surface area contributed by atoms with Crippen molar-refractivity contribution < 1.29 is 19.1 Å². The summed E-state index contributed by atoms with van der Waals surface area (Å²) in [6, 6.07) is 7.79. The fourth-order valence-corrected chi connectivity index (χ4v) is 2.37. The Morgan fingerprint density at radius 2 is 1.80 bits per heavy atom. The number of esters is 1. The monoisotopic (exact) mass is 349 g/mol. The highest BCUT2D eigenvalue weighted by Crippen LogP contribution is 2.11. The van der Waals surface area contributed by atoms with Crippen LogP contribution in [-0.2, 0) is 20.7 Å². The Morgan fingerprint density at radius 3 is 2.44 bits per heavy atom. The molecule has 1 aromatic carbocycles. The van der Waals surface area contributed by atoms with E-state index in [2.05, 4.69) is 19.2 Å². The van der Waals surface area contributed by atoms with Crippen molar-refractivity contribution in [1.29, 1.82) is 0 Å². The number of benzene rings is 1. The van der Waals surface area contributed by atoms with Gasteiger partial charge < -0.3 is 14.8 Å². The fraction of sp³-hybridized carbons (Fsp3) is 0.600. The number of hydrogen-bond acceptors (Lipinski definition) is 4. The molecule has 5 heteroatoms. The van der Waals surface area contributed by atoms with Gasteiger partial charge in [0.2, 0.25) is 5.91 Å². The van der Waals surface area contributed by atoms with Gasteiger partial charge in [0.1, 0.15) is 5.75 Å². The molecule has 0 aliphatic carbocycles. The Hall–Kier alpha value is -2.04. The molecule has 0 radical (unpaired) electrons. The Kier molecular flexibility index (Phi) is 10.4. The van der Waals surface area contributed by atoms with Gasteiger partial charge in [0.05, 0.1) is 13.7 Å². The second kappa shape index (κ2) is 12.3. The zero-order valence-corrected chi connectivity index (χ0v) is 15.7. The van der Waals surface area contributed by atoms with Crippen molar-refractivity contribution in [1.82, 2.24) is 5.32 Å². The first kappa shape index (κ1) is 21.0. The maximum absolute atomic E-state index is 11.8. The van der Waals surface area contributed by atoms with Crippen LogP contribution in [0.1, 0.15) is 51.5 Å². The Bertz CT molecular complexity index is 511. The highest BCUT2D eigenvalue weighted by molar-refractivity contribution is 5.77. The first-order chi connectivity index (χ1) is 12.0. The summed E-state index contributed by atoms with van der Waals surface area (Å²) in [7, 11) is 1.64. The molecule has 0 atom stereocenters. The molecule has 0 unspecified atom stereocenters. The van der Waals surface area contributed by atoms with Crippen LogP contribution >= 0.6 is 0 Å². The van der Waals surface area contributed by atoms with Crippen molar-refractivity contribution in [3.8, 4) is 5.75 Å². The van der Waals surface area contributed by atoms with Crippen LogP contribution in [0.3, 0.4) is 0 Å². The number of rotatable bonds is 12. The van der Waals surface area contributed by atoms with E-state index in [9.17, 15) is 9.59 Å². The smallest absolute Gasteiger partial charge is 0.305 e. The summed E-state index contributed by atoms with van der Waals surface area (Å²) in [5.74, 6) is 1.21. The van der Waals surface area contributed by atoms with Crippen molar-refractivity contribution in [2.24, 2.45) is 5.92 Å². The van der Waals surface area contributed by atoms with Gasteiger partial charge in [-0.3, -0.25) is 9.59 Å². The third-order valence-corrected chi connectivity index (χ3v) is 3.87. The summed E-state index contributed by atoms with van der Waals surface area (Å²) in [5.41, 5.74) is 1.14. The van der Waals surface area contributed by atoms with Gasteiger partial charge in [-0.15, -0.1) is 0 Å². The lowest BCUT2D eigenvalue weighted by atomic mass is 10.1. The molecule has 1 amide bonds. The van der Waals surface area contributed by atoms with Crippen LogP contribution in [0.15, 0.2) is 24.3 Å². The first-order valence-corrected chi connectivity index (χ1v) is 9.06. The van der Waals surface area contributed by atoms with Crippen molar-refractivity contribution in [2.45, 2.75) is 52.4 Å². The number of nitrogens with one attached hydrogen (secondary N) is 1. The van der Waals surface area contributed by atoms with Crippen LogP contribution in [0.25, 0.3) is 0 Å². The average molecular weight is 349 g/mol. The average Bonchev–Trinajstić information content (AvgIpc) is 2.59. The van der Waals surface area contributed by atoms with Gasteiger partial charge in [0, 0.05) is 19.4 Å². The van der Waals surface area contributed by atoms with Crippen molar-refractivity contribution in [3.63, 3.8) is 0 Å². The Morgan fingerprint density at radius 1 is 1.08 bits per heavy atom. The number of hydrogen-bond donors (Lipinski definition) is 1. The number of carbonyl (C=O) groups excluding carboxylic acids is 2. The molecule has 0 bridgehead atoms. The molecule has 1 rings (SSSR count). The molecule has 0 saturated carbocycles. The van der Waals surface area contributed by atoms with E-state index in [0.29, 0.717) is 38.3 Å². The van der Waals surface area contributed by atoms with E-state index in [4.69, 9.17) is 9.47 Å². The number of amides is 1. The molecule has 0 fully saturated rings. The van der Waals surface area contributed by atoms with Gasteiger partial charge >= 0.3 is 5.97 Å². The molecule has 1 aromatic rings.